The van der Waals surface area contributed by atoms with Crippen molar-refractivity contribution < 1.29 is 0 Å². The van der Waals surface area contributed by atoms with Gasteiger partial charge in [-0.05, 0) is 49.9 Å². The van der Waals surface area contributed by atoms with Crippen LogP contribution in [-0.4, -0.2) is 27.6 Å². The summed E-state index contributed by atoms with van der Waals surface area (Å²) in [4.78, 5) is 2.65. The van der Waals surface area contributed by atoms with Gasteiger partial charge < -0.3 is 0 Å². The van der Waals surface area contributed by atoms with Crippen LogP contribution in [0.1, 0.15) is 42.6 Å². The number of hydrogen-bond donors (Lipinski definition) is 0. The average Bonchev–Trinajstić information content (AvgIpc) is 3.24. The highest BCUT2D eigenvalue weighted by Crippen LogP contribution is 2.32. The zero-order chi connectivity index (χ0) is 16.4. The molecule has 3 heteroatoms. The number of hydrogen-bond acceptors (Lipinski definition) is 2. The summed E-state index contributed by atoms with van der Waals surface area (Å²) in [5.41, 5.74) is 5.41. The summed E-state index contributed by atoms with van der Waals surface area (Å²) in [6.07, 6.45) is 6.72. The number of rotatable bonds is 5. The zero-order valence-electron chi connectivity index (χ0n) is 14.4. The lowest BCUT2D eigenvalue weighted by atomic mass is 10.0. The van der Waals surface area contributed by atoms with Gasteiger partial charge in [-0.1, -0.05) is 43.3 Å². The van der Waals surface area contributed by atoms with Crippen LogP contribution in [0.3, 0.4) is 0 Å². The van der Waals surface area contributed by atoms with E-state index in [1.54, 1.807) is 0 Å². The molecule has 4 rings (SSSR count). The molecule has 0 spiro atoms. The molecule has 1 aliphatic rings. The number of nitrogens with zero attached hydrogens (tertiary/aromatic N) is 3. The average molecular weight is 319 g/mol. The molecule has 0 N–H and O–H groups in total. The van der Waals surface area contributed by atoms with Crippen LogP contribution in [0.15, 0.2) is 54.7 Å². The van der Waals surface area contributed by atoms with E-state index in [-0.39, 0.29) is 0 Å². The Kier molecular flexibility index (Phi) is 4.35. The van der Waals surface area contributed by atoms with Gasteiger partial charge in [-0.25, -0.2) is 4.52 Å². The van der Waals surface area contributed by atoms with E-state index in [1.807, 2.05) is 4.52 Å². The van der Waals surface area contributed by atoms with Crippen molar-refractivity contribution in [1.82, 2.24) is 14.5 Å². The monoisotopic (exact) mass is 319 g/mol. The van der Waals surface area contributed by atoms with Crippen LogP contribution in [0.4, 0.5) is 0 Å². The number of aromatic nitrogens is 2. The predicted octanol–water partition coefficient (Wildman–Crippen LogP) is 4.28. The first-order valence-electron chi connectivity index (χ1n) is 9.11. The van der Waals surface area contributed by atoms with E-state index in [2.05, 4.69) is 66.6 Å². The molecule has 1 saturated heterocycles. The van der Waals surface area contributed by atoms with Gasteiger partial charge in [-0.15, -0.1) is 0 Å². The second kappa shape index (κ2) is 6.78. The summed E-state index contributed by atoms with van der Waals surface area (Å²) in [6.45, 7) is 4.52. The van der Waals surface area contributed by atoms with Gasteiger partial charge in [0.25, 0.3) is 0 Å². The minimum atomic E-state index is 0.582. The summed E-state index contributed by atoms with van der Waals surface area (Å²) >= 11 is 0. The Labute approximate surface area is 143 Å². The topological polar surface area (TPSA) is 20.5 Å². The molecular weight excluding hydrogens is 294 g/mol. The van der Waals surface area contributed by atoms with Crippen molar-refractivity contribution in [1.29, 1.82) is 0 Å². The molecule has 3 aromatic rings. The largest absolute Gasteiger partial charge is 0.296 e. The van der Waals surface area contributed by atoms with Crippen LogP contribution >= 0.6 is 0 Å². The minimum Gasteiger partial charge on any atom is -0.296 e. The van der Waals surface area contributed by atoms with E-state index in [0.717, 1.165) is 19.4 Å². The summed E-state index contributed by atoms with van der Waals surface area (Å²) in [6, 6.07) is 17.9. The maximum absolute atomic E-state index is 4.75. The third-order valence-electron chi connectivity index (χ3n) is 5.26. The lowest BCUT2D eigenvalue weighted by Crippen LogP contribution is -2.25. The van der Waals surface area contributed by atoms with Crippen molar-refractivity contribution in [2.45, 2.75) is 38.6 Å². The Balaban J connectivity index is 1.54. The van der Waals surface area contributed by atoms with Crippen LogP contribution in [-0.2, 0) is 12.8 Å². The Morgan fingerprint density at radius 1 is 1.08 bits per heavy atom. The lowest BCUT2D eigenvalue weighted by Gasteiger charge is -2.24. The number of pyridine rings is 1. The van der Waals surface area contributed by atoms with Gasteiger partial charge in [0.05, 0.1) is 11.2 Å². The number of aryl methyl sites for hydroxylation is 1. The molecule has 0 bridgehead atoms. The van der Waals surface area contributed by atoms with Gasteiger partial charge in [0.1, 0.15) is 0 Å². The Morgan fingerprint density at radius 2 is 1.92 bits per heavy atom. The van der Waals surface area contributed by atoms with Crippen molar-refractivity contribution in [3.8, 4) is 0 Å². The maximum Gasteiger partial charge on any atom is 0.0696 e. The molecular formula is C21H25N3. The maximum atomic E-state index is 4.75. The van der Waals surface area contributed by atoms with Gasteiger partial charge in [-0.2, -0.15) is 5.10 Å². The fraction of sp³-hybridized carbons (Fsp3) is 0.381. The summed E-state index contributed by atoms with van der Waals surface area (Å²) in [5, 5.41) is 4.75. The van der Waals surface area contributed by atoms with Crippen molar-refractivity contribution in [2.75, 3.05) is 13.1 Å². The second-order valence-electron chi connectivity index (χ2n) is 6.66. The molecule has 0 aliphatic carbocycles. The Bertz CT molecular complexity index is 806. The summed E-state index contributed by atoms with van der Waals surface area (Å²) in [7, 11) is 0. The molecule has 3 nitrogen and oxygen atoms in total. The van der Waals surface area contributed by atoms with Gasteiger partial charge in [0, 0.05) is 24.3 Å². The molecule has 0 unspecified atom stereocenters. The highest BCUT2D eigenvalue weighted by atomic mass is 15.2. The van der Waals surface area contributed by atoms with Gasteiger partial charge >= 0.3 is 0 Å². The van der Waals surface area contributed by atoms with E-state index in [4.69, 9.17) is 5.10 Å². The van der Waals surface area contributed by atoms with Crippen molar-refractivity contribution in [3.05, 3.63) is 71.5 Å². The Morgan fingerprint density at radius 3 is 2.75 bits per heavy atom. The standard InChI is InChI=1S/C21H25N3/c1-2-19-18(21-11-6-7-15-24(21)22-19)13-16-23-14-8-12-20(23)17-9-4-3-5-10-17/h3-7,9-11,15,20H,2,8,12-14,16H2,1H3/t20-/m0/s1. The molecule has 1 aromatic carbocycles. The van der Waals surface area contributed by atoms with Gasteiger partial charge in [0.15, 0.2) is 0 Å². The highest BCUT2D eigenvalue weighted by Gasteiger charge is 2.26. The second-order valence-corrected chi connectivity index (χ2v) is 6.66. The van der Waals surface area contributed by atoms with Crippen molar-refractivity contribution in [2.24, 2.45) is 0 Å². The quantitative estimate of drug-likeness (QED) is 0.700. The number of likely N-dealkylation sites (tertiary alicyclic amines) is 1. The Hall–Kier alpha value is -2.13. The smallest absolute Gasteiger partial charge is 0.0696 e. The van der Waals surface area contributed by atoms with Gasteiger partial charge in [-0.3, -0.25) is 4.90 Å². The summed E-state index contributed by atoms with van der Waals surface area (Å²) < 4.78 is 2.03. The first kappa shape index (κ1) is 15.4. The first-order valence-corrected chi connectivity index (χ1v) is 9.11. The summed E-state index contributed by atoms with van der Waals surface area (Å²) in [5.74, 6) is 0. The van der Waals surface area contributed by atoms with E-state index in [0.29, 0.717) is 6.04 Å². The number of benzene rings is 1. The zero-order valence-corrected chi connectivity index (χ0v) is 14.4. The SMILES string of the molecule is CCc1nn2ccccc2c1CCN1CCC[C@H]1c1ccccc1. The minimum absolute atomic E-state index is 0.582. The predicted molar refractivity (Wildman–Crippen MR) is 98.3 cm³/mol. The fourth-order valence-corrected chi connectivity index (χ4v) is 4.06. The molecule has 24 heavy (non-hydrogen) atoms. The van der Waals surface area contributed by atoms with E-state index >= 15 is 0 Å². The molecule has 0 saturated carbocycles. The molecule has 1 fully saturated rings. The first-order chi connectivity index (χ1) is 11.9. The van der Waals surface area contributed by atoms with Crippen LogP contribution in [0.5, 0.6) is 0 Å². The van der Waals surface area contributed by atoms with Crippen LogP contribution in [0, 0.1) is 0 Å². The van der Waals surface area contributed by atoms with E-state index in [9.17, 15) is 0 Å². The third kappa shape index (κ3) is 2.84. The lowest BCUT2D eigenvalue weighted by molar-refractivity contribution is 0.260. The van der Waals surface area contributed by atoms with Crippen LogP contribution in [0.2, 0.25) is 0 Å². The van der Waals surface area contributed by atoms with Crippen molar-refractivity contribution >= 4 is 5.52 Å². The number of fused-ring (bicyclic) bond motifs is 1. The molecule has 2 aromatic heterocycles. The molecule has 0 radical (unpaired) electrons. The molecule has 0 amide bonds. The van der Waals surface area contributed by atoms with Crippen LogP contribution in [0.25, 0.3) is 5.52 Å². The van der Waals surface area contributed by atoms with Crippen molar-refractivity contribution in [3.63, 3.8) is 0 Å². The molecule has 1 aliphatic heterocycles. The fourth-order valence-electron chi connectivity index (χ4n) is 4.06. The molecule has 3 heterocycles. The van der Waals surface area contributed by atoms with E-state index in [1.165, 1.54) is 41.7 Å². The normalized spacial score (nSPS) is 18.5. The highest BCUT2D eigenvalue weighted by molar-refractivity contribution is 5.56. The van der Waals surface area contributed by atoms with E-state index < -0.39 is 0 Å². The molecule has 124 valence electrons. The van der Waals surface area contributed by atoms with Gasteiger partial charge in [0.2, 0.25) is 0 Å². The third-order valence-corrected chi connectivity index (χ3v) is 5.26. The molecule has 1 atom stereocenters. The van der Waals surface area contributed by atoms with Crippen LogP contribution < -0.4 is 0 Å².